The van der Waals surface area contributed by atoms with Crippen molar-refractivity contribution < 1.29 is 27.9 Å². The van der Waals surface area contributed by atoms with Crippen molar-refractivity contribution in [2.24, 2.45) is 5.73 Å². The molecule has 0 bridgehead atoms. The molecule has 1 atom stereocenters. The van der Waals surface area contributed by atoms with Gasteiger partial charge in [-0.15, -0.1) is 0 Å². The zero-order valence-corrected chi connectivity index (χ0v) is 12.9. The lowest BCUT2D eigenvalue weighted by Crippen LogP contribution is -2.43. The van der Waals surface area contributed by atoms with E-state index in [1.54, 1.807) is 0 Å². The number of carboxylic acids is 1. The van der Waals surface area contributed by atoms with Crippen LogP contribution in [0.5, 0.6) is 0 Å². The topological polar surface area (TPSA) is 104 Å². The van der Waals surface area contributed by atoms with Gasteiger partial charge in [0.15, 0.2) is 0 Å². The van der Waals surface area contributed by atoms with Gasteiger partial charge in [-0.25, -0.2) is 4.79 Å². The van der Waals surface area contributed by atoms with Crippen LogP contribution >= 0.6 is 0 Å². The molecule has 1 unspecified atom stereocenters. The zero-order valence-electron chi connectivity index (χ0n) is 12.9. The van der Waals surface area contributed by atoms with Crippen molar-refractivity contribution in [2.75, 3.05) is 18.4 Å². The Labute approximate surface area is 137 Å². The Balaban J connectivity index is 2.48. The number of carbonyl (C=O) groups is 2. The van der Waals surface area contributed by atoms with Gasteiger partial charge in [0.25, 0.3) is 0 Å². The molecule has 0 aliphatic rings. The van der Waals surface area contributed by atoms with Crippen molar-refractivity contribution in [2.45, 2.75) is 31.5 Å². The minimum atomic E-state index is -4.42. The van der Waals surface area contributed by atoms with Gasteiger partial charge in [0.05, 0.1) is 12.1 Å². The predicted molar refractivity (Wildman–Crippen MR) is 82.4 cm³/mol. The Morgan fingerprint density at radius 2 is 1.79 bits per heavy atom. The highest BCUT2D eigenvalue weighted by atomic mass is 19.4. The van der Waals surface area contributed by atoms with Crippen LogP contribution in [0.1, 0.15) is 24.8 Å². The molecule has 5 N–H and O–H groups in total. The number of amides is 1. The van der Waals surface area contributed by atoms with E-state index < -0.39 is 29.7 Å². The second-order valence-corrected chi connectivity index (χ2v) is 5.17. The maximum Gasteiger partial charge on any atom is 0.416 e. The van der Waals surface area contributed by atoms with Crippen LogP contribution in [-0.2, 0) is 15.8 Å². The first-order chi connectivity index (χ1) is 11.2. The molecule has 0 fully saturated rings. The van der Waals surface area contributed by atoms with Crippen LogP contribution in [0.2, 0.25) is 0 Å². The Hall–Kier alpha value is -2.29. The summed E-state index contributed by atoms with van der Waals surface area (Å²) in [6, 6.07) is 3.18. The first-order valence-corrected chi connectivity index (χ1v) is 7.37. The number of hydrogen-bond acceptors (Lipinski definition) is 4. The molecule has 0 heterocycles. The average Bonchev–Trinajstić information content (AvgIpc) is 2.51. The lowest BCUT2D eigenvalue weighted by molar-refractivity contribution is -0.141. The van der Waals surface area contributed by atoms with Crippen LogP contribution in [0.15, 0.2) is 24.3 Å². The number of alkyl halides is 3. The molecule has 1 rings (SSSR count). The molecule has 9 heteroatoms. The van der Waals surface area contributed by atoms with Crippen LogP contribution in [-0.4, -0.2) is 36.1 Å². The number of anilines is 1. The second kappa shape index (κ2) is 9.11. The SMILES string of the molecule is NCCCCC(NC(=O)CNc1ccc(C(F)(F)F)cc1)C(=O)O. The number of carbonyl (C=O) groups excluding carboxylic acids is 1. The molecule has 0 spiro atoms. The number of unbranched alkanes of at least 4 members (excludes halogenated alkanes) is 1. The lowest BCUT2D eigenvalue weighted by atomic mass is 10.1. The van der Waals surface area contributed by atoms with E-state index in [1.165, 1.54) is 12.1 Å². The lowest BCUT2D eigenvalue weighted by Gasteiger charge is -2.15. The molecule has 0 radical (unpaired) electrons. The maximum absolute atomic E-state index is 12.4. The van der Waals surface area contributed by atoms with Gasteiger partial charge in [-0.1, -0.05) is 0 Å². The van der Waals surface area contributed by atoms with Crippen LogP contribution in [0.4, 0.5) is 18.9 Å². The van der Waals surface area contributed by atoms with E-state index in [4.69, 9.17) is 10.8 Å². The Morgan fingerprint density at radius 1 is 1.17 bits per heavy atom. The maximum atomic E-state index is 12.4. The zero-order chi connectivity index (χ0) is 18.2. The monoisotopic (exact) mass is 347 g/mol. The normalized spacial score (nSPS) is 12.5. The van der Waals surface area contributed by atoms with Crippen molar-refractivity contribution in [1.82, 2.24) is 5.32 Å². The van der Waals surface area contributed by atoms with E-state index in [-0.39, 0.29) is 13.0 Å². The van der Waals surface area contributed by atoms with Crippen molar-refractivity contribution in [3.8, 4) is 0 Å². The molecule has 0 saturated heterocycles. The number of hydrogen-bond donors (Lipinski definition) is 4. The smallest absolute Gasteiger partial charge is 0.416 e. The standard InChI is InChI=1S/C15H20F3N3O3/c16-15(17,18)10-4-6-11(7-5-10)20-9-13(22)21-12(14(23)24)3-1-2-8-19/h4-7,12,20H,1-3,8-9,19H2,(H,21,22)(H,23,24). The van der Waals surface area contributed by atoms with Crippen LogP contribution in [0, 0.1) is 0 Å². The van der Waals surface area contributed by atoms with Gasteiger partial charge in [0.2, 0.25) is 5.91 Å². The minimum Gasteiger partial charge on any atom is -0.480 e. The summed E-state index contributed by atoms with van der Waals surface area (Å²) in [4.78, 5) is 22.8. The second-order valence-electron chi connectivity index (χ2n) is 5.17. The van der Waals surface area contributed by atoms with Gasteiger partial charge in [-0.3, -0.25) is 4.79 Å². The quantitative estimate of drug-likeness (QED) is 0.510. The van der Waals surface area contributed by atoms with Gasteiger partial charge in [0.1, 0.15) is 6.04 Å². The van der Waals surface area contributed by atoms with Gasteiger partial charge >= 0.3 is 12.1 Å². The number of rotatable bonds is 9. The molecular formula is C15H20F3N3O3. The van der Waals surface area contributed by atoms with Gasteiger partial charge in [-0.2, -0.15) is 13.2 Å². The fourth-order valence-corrected chi connectivity index (χ4v) is 1.95. The van der Waals surface area contributed by atoms with E-state index >= 15 is 0 Å². The molecular weight excluding hydrogens is 327 g/mol. The first-order valence-electron chi connectivity index (χ1n) is 7.37. The Bertz CT molecular complexity index is 547. The van der Waals surface area contributed by atoms with Crippen molar-refractivity contribution >= 4 is 17.6 Å². The summed E-state index contributed by atoms with van der Waals surface area (Å²) in [5.74, 6) is -1.70. The molecule has 1 aromatic rings. The molecule has 24 heavy (non-hydrogen) atoms. The van der Waals surface area contributed by atoms with E-state index in [2.05, 4.69) is 10.6 Å². The number of carboxylic acid groups (broad SMARTS) is 1. The summed E-state index contributed by atoms with van der Waals surface area (Å²) in [7, 11) is 0. The van der Waals surface area contributed by atoms with Gasteiger partial charge in [0, 0.05) is 5.69 Å². The minimum absolute atomic E-state index is 0.244. The van der Waals surface area contributed by atoms with Crippen LogP contribution < -0.4 is 16.4 Å². The van der Waals surface area contributed by atoms with E-state index in [0.29, 0.717) is 25.1 Å². The van der Waals surface area contributed by atoms with E-state index in [0.717, 1.165) is 12.1 Å². The number of benzene rings is 1. The molecule has 0 aliphatic carbocycles. The summed E-state index contributed by atoms with van der Waals surface area (Å²) < 4.78 is 37.3. The third kappa shape index (κ3) is 6.86. The van der Waals surface area contributed by atoms with Gasteiger partial charge in [-0.05, 0) is 50.1 Å². The van der Waals surface area contributed by atoms with Crippen molar-refractivity contribution in [3.05, 3.63) is 29.8 Å². The van der Waals surface area contributed by atoms with E-state index in [1.807, 2.05) is 0 Å². The summed E-state index contributed by atoms with van der Waals surface area (Å²) in [5, 5.41) is 14.0. The molecule has 0 aromatic heterocycles. The molecule has 1 aromatic carbocycles. The van der Waals surface area contributed by atoms with Crippen LogP contribution in [0.3, 0.4) is 0 Å². The molecule has 134 valence electrons. The largest absolute Gasteiger partial charge is 0.480 e. The van der Waals surface area contributed by atoms with E-state index in [9.17, 15) is 22.8 Å². The highest BCUT2D eigenvalue weighted by molar-refractivity contribution is 5.86. The third-order valence-corrected chi connectivity index (χ3v) is 3.25. The number of aliphatic carboxylic acids is 1. The summed E-state index contributed by atoms with van der Waals surface area (Å²) in [6.45, 7) is 0.196. The Kier molecular flexibility index (Phi) is 7.50. The predicted octanol–water partition coefficient (Wildman–Crippen LogP) is 1.82. The van der Waals surface area contributed by atoms with Crippen molar-refractivity contribution in [1.29, 1.82) is 0 Å². The summed E-state index contributed by atoms with van der Waals surface area (Å²) >= 11 is 0. The Morgan fingerprint density at radius 3 is 2.29 bits per heavy atom. The van der Waals surface area contributed by atoms with Gasteiger partial charge < -0.3 is 21.5 Å². The first kappa shape index (κ1) is 19.8. The molecule has 0 aliphatic heterocycles. The number of nitrogens with one attached hydrogen (secondary N) is 2. The highest BCUT2D eigenvalue weighted by Gasteiger charge is 2.29. The molecule has 1 amide bonds. The highest BCUT2D eigenvalue weighted by Crippen LogP contribution is 2.29. The third-order valence-electron chi connectivity index (χ3n) is 3.25. The van der Waals surface area contributed by atoms with Crippen LogP contribution in [0.25, 0.3) is 0 Å². The average molecular weight is 347 g/mol. The number of halogens is 3. The fourth-order valence-electron chi connectivity index (χ4n) is 1.95. The summed E-state index contributed by atoms with van der Waals surface area (Å²) in [5.41, 5.74) is 4.86. The summed E-state index contributed by atoms with van der Waals surface area (Å²) in [6.07, 6.45) is -2.93. The van der Waals surface area contributed by atoms with Crippen molar-refractivity contribution in [3.63, 3.8) is 0 Å². The number of nitrogens with two attached hydrogens (primary N) is 1. The molecule has 0 saturated carbocycles. The molecule has 6 nitrogen and oxygen atoms in total. The fraction of sp³-hybridized carbons (Fsp3) is 0.467.